The van der Waals surface area contributed by atoms with Crippen LogP contribution in [0.5, 0.6) is 0 Å². The molecule has 0 saturated carbocycles. The Balaban J connectivity index is 2.15. The summed E-state index contributed by atoms with van der Waals surface area (Å²) >= 11 is 7.64. The van der Waals surface area contributed by atoms with Gasteiger partial charge in [0.25, 0.3) is 0 Å². The Morgan fingerprint density at radius 1 is 1.47 bits per heavy atom. The molecule has 0 aliphatic carbocycles. The number of hydrogen-bond donors (Lipinski definition) is 1. The molecule has 0 amide bonds. The third kappa shape index (κ3) is 3.36. The lowest BCUT2D eigenvalue weighted by Crippen LogP contribution is -2.22. The first kappa shape index (κ1) is 12.7. The minimum atomic E-state index is -0.333. The molecule has 0 fully saturated rings. The molecule has 0 saturated heterocycles. The SMILES string of the molecule is CC1CC(C)SC(Nc2ccc(F)cc2Cl)=N1. The first-order chi connectivity index (χ1) is 8.04. The molecule has 5 heteroatoms. The van der Waals surface area contributed by atoms with Crippen molar-refractivity contribution < 1.29 is 4.39 Å². The summed E-state index contributed by atoms with van der Waals surface area (Å²) < 4.78 is 12.9. The van der Waals surface area contributed by atoms with Crippen LogP contribution in [0.15, 0.2) is 23.2 Å². The number of amidine groups is 1. The van der Waals surface area contributed by atoms with Crippen molar-refractivity contribution in [1.29, 1.82) is 0 Å². The van der Waals surface area contributed by atoms with Crippen LogP contribution in [0.4, 0.5) is 10.1 Å². The predicted octanol–water partition coefficient (Wildman–Crippen LogP) is 4.16. The van der Waals surface area contributed by atoms with E-state index in [0.717, 1.165) is 11.6 Å². The van der Waals surface area contributed by atoms with E-state index in [1.165, 1.54) is 12.1 Å². The van der Waals surface area contributed by atoms with Crippen LogP contribution in [0.3, 0.4) is 0 Å². The summed E-state index contributed by atoms with van der Waals surface area (Å²) in [5.74, 6) is -0.333. The zero-order chi connectivity index (χ0) is 12.4. The highest BCUT2D eigenvalue weighted by Crippen LogP contribution is 2.28. The number of aliphatic imine (C=N–C) groups is 1. The zero-order valence-electron chi connectivity index (χ0n) is 9.71. The van der Waals surface area contributed by atoms with Crippen LogP contribution in [0.25, 0.3) is 0 Å². The van der Waals surface area contributed by atoms with Crippen molar-refractivity contribution in [2.75, 3.05) is 5.32 Å². The minimum absolute atomic E-state index is 0.313. The molecule has 0 spiro atoms. The third-order valence-electron chi connectivity index (χ3n) is 2.50. The van der Waals surface area contributed by atoms with Crippen molar-refractivity contribution in [3.63, 3.8) is 0 Å². The fraction of sp³-hybridized carbons (Fsp3) is 0.417. The van der Waals surface area contributed by atoms with E-state index >= 15 is 0 Å². The van der Waals surface area contributed by atoms with Crippen molar-refractivity contribution in [3.8, 4) is 0 Å². The van der Waals surface area contributed by atoms with Crippen LogP contribution in [-0.2, 0) is 0 Å². The van der Waals surface area contributed by atoms with Crippen LogP contribution in [-0.4, -0.2) is 16.5 Å². The second kappa shape index (κ2) is 5.27. The summed E-state index contributed by atoms with van der Waals surface area (Å²) in [5.41, 5.74) is 0.695. The van der Waals surface area contributed by atoms with Gasteiger partial charge in [-0.3, -0.25) is 4.99 Å². The van der Waals surface area contributed by atoms with Gasteiger partial charge >= 0.3 is 0 Å². The van der Waals surface area contributed by atoms with Gasteiger partial charge in [0.2, 0.25) is 0 Å². The molecule has 2 unspecified atom stereocenters. The maximum atomic E-state index is 12.9. The summed E-state index contributed by atoms with van der Waals surface area (Å²) in [6, 6.07) is 4.62. The summed E-state index contributed by atoms with van der Waals surface area (Å²) in [4.78, 5) is 4.51. The molecule has 0 radical (unpaired) electrons. The number of thioether (sulfide) groups is 1. The molecule has 1 aromatic rings. The van der Waals surface area contributed by atoms with Crippen LogP contribution in [0.1, 0.15) is 20.3 Å². The molecule has 1 aromatic carbocycles. The van der Waals surface area contributed by atoms with E-state index in [1.54, 1.807) is 17.8 Å². The van der Waals surface area contributed by atoms with Crippen molar-refractivity contribution in [3.05, 3.63) is 29.0 Å². The van der Waals surface area contributed by atoms with Crippen molar-refractivity contribution in [2.24, 2.45) is 4.99 Å². The summed E-state index contributed by atoms with van der Waals surface area (Å²) in [6.45, 7) is 4.26. The van der Waals surface area contributed by atoms with Crippen LogP contribution in [0, 0.1) is 5.82 Å². The Hall–Kier alpha value is -0.740. The lowest BCUT2D eigenvalue weighted by atomic mass is 10.2. The topological polar surface area (TPSA) is 24.4 Å². The second-order valence-electron chi connectivity index (χ2n) is 4.20. The number of nitrogens with zero attached hydrogens (tertiary/aromatic N) is 1. The smallest absolute Gasteiger partial charge is 0.161 e. The second-order valence-corrected chi connectivity index (χ2v) is 6.03. The van der Waals surface area contributed by atoms with E-state index in [-0.39, 0.29) is 5.82 Å². The fourth-order valence-electron chi connectivity index (χ4n) is 1.77. The standard InChI is InChI=1S/C12H14ClFN2S/c1-7-5-8(2)17-12(15-7)16-11-4-3-9(14)6-10(11)13/h3-4,6-8H,5H2,1-2H3,(H,15,16). The highest BCUT2D eigenvalue weighted by Gasteiger charge is 2.18. The van der Waals surface area contributed by atoms with Gasteiger partial charge in [-0.1, -0.05) is 30.3 Å². The van der Waals surface area contributed by atoms with E-state index in [0.29, 0.717) is 22.0 Å². The van der Waals surface area contributed by atoms with Crippen LogP contribution in [0.2, 0.25) is 5.02 Å². The van der Waals surface area contributed by atoms with Gasteiger partial charge in [0.05, 0.1) is 16.8 Å². The Morgan fingerprint density at radius 2 is 2.24 bits per heavy atom. The summed E-state index contributed by atoms with van der Waals surface area (Å²) in [7, 11) is 0. The van der Waals surface area contributed by atoms with Gasteiger partial charge in [-0.05, 0) is 31.5 Å². The Kier molecular flexibility index (Phi) is 3.94. The normalized spacial score (nSPS) is 24.4. The molecule has 17 heavy (non-hydrogen) atoms. The van der Waals surface area contributed by atoms with Crippen molar-refractivity contribution in [2.45, 2.75) is 31.6 Å². The van der Waals surface area contributed by atoms with Crippen molar-refractivity contribution in [1.82, 2.24) is 0 Å². The molecule has 2 nitrogen and oxygen atoms in total. The van der Waals surface area contributed by atoms with Gasteiger partial charge in [0.15, 0.2) is 5.17 Å². The van der Waals surface area contributed by atoms with Gasteiger partial charge in [-0.15, -0.1) is 0 Å². The lowest BCUT2D eigenvalue weighted by Gasteiger charge is -2.23. The molecule has 2 rings (SSSR count). The van der Waals surface area contributed by atoms with E-state index in [1.807, 2.05) is 0 Å². The zero-order valence-corrected chi connectivity index (χ0v) is 11.3. The molecule has 1 heterocycles. The Labute approximate surface area is 110 Å². The third-order valence-corrected chi connectivity index (χ3v) is 3.83. The van der Waals surface area contributed by atoms with Crippen molar-refractivity contribution >= 4 is 34.2 Å². The number of hydrogen-bond acceptors (Lipinski definition) is 3. The molecule has 1 N–H and O–H groups in total. The average molecular weight is 273 g/mol. The van der Waals surface area contributed by atoms with Crippen LogP contribution < -0.4 is 5.32 Å². The van der Waals surface area contributed by atoms with Gasteiger partial charge in [0.1, 0.15) is 5.82 Å². The van der Waals surface area contributed by atoms with Gasteiger partial charge < -0.3 is 5.32 Å². The molecular weight excluding hydrogens is 259 g/mol. The van der Waals surface area contributed by atoms with Gasteiger partial charge in [-0.2, -0.15) is 0 Å². The van der Waals surface area contributed by atoms with E-state index in [2.05, 4.69) is 24.2 Å². The minimum Gasteiger partial charge on any atom is -0.334 e. The number of halogens is 2. The molecule has 0 bridgehead atoms. The fourth-order valence-corrected chi connectivity index (χ4v) is 3.15. The summed E-state index contributed by atoms with van der Waals surface area (Å²) in [5, 5.41) is 4.91. The predicted molar refractivity (Wildman–Crippen MR) is 73.6 cm³/mol. The Morgan fingerprint density at radius 3 is 2.88 bits per heavy atom. The van der Waals surface area contributed by atoms with E-state index in [9.17, 15) is 4.39 Å². The highest BCUT2D eigenvalue weighted by atomic mass is 35.5. The maximum Gasteiger partial charge on any atom is 0.161 e. The largest absolute Gasteiger partial charge is 0.334 e. The average Bonchev–Trinajstić information content (AvgIpc) is 2.21. The summed E-state index contributed by atoms with van der Waals surface area (Å²) in [6.07, 6.45) is 1.08. The number of anilines is 1. The first-order valence-electron chi connectivity index (χ1n) is 5.51. The molecular formula is C12H14ClFN2S. The molecule has 2 atom stereocenters. The number of rotatable bonds is 1. The first-order valence-corrected chi connectivity index (χ1v) is 6.77. The van der Waals surface area contributed by atoms with E-state index < -0.39 is 0 Å². The molecule has 0 aromatic heterocycles. The molecule has 1 aliphatic rings. The molecule has 1 aliphatic heterocycles. The van der Waals surface area contributed by atoms with Crippen LogP contribution >= 0.6 is 23.4 Å². The number of nitrogens with one attached hydrogen (secondary N) is 1. The Bertz CT molecular complexity index is 450. The quantitative estimate of drug-likeness (QED) is 0.830. The lowest BCUT2D eigenvalue weighted by molar-refractivity contribution is 0.628. The highest BCUT2D eigenvalue weighted by molar-refractivity contribution is 8.14. The monoisotopic (exact) mass is 272 g/mol. The maximum absolute atomic E-state index is 12.9. The molecule has 92 valence electrons. The number of benzene rings is 1. The van der Waals surface area contributed by atoms with Gasteiger partial charge in [-0.25, -0.2) is 4.39 Å². The van der Waals surface area contributed by atoms with Gasteiger partial charge in [0, 0.05) is 5.25 Å². The van der Waals surface area contributed by atoms with E-state index in [4.69, 9.17) is 11.6 Å².